The van der Waals surface area contributed by atoms with Gasteiger partial charge in [0, 0.05) is 25.0 Å². The highest BCUT2D eigenvalue weighted by Crippen LogP contribution is 2.20. The summed E-state index contributed by atoms with van der Waals surface area (Å²) in [5.74, 6) is 1.20. The Balaban J connectivity index is 1.76. The lowest BCUT2D eigenvalue weighted by Crippen LogP contribution is -2.35. The zero-order valence-corrected chi connectivity index (χ0v) is 17.9. The Labute approximate surface area is 178 Å². The van der Waals surface area contributed by atoms with Gasteiger partial charge < -0.3 is 9.64 Å². The first-order chi connectivity index (χ1) is 14.6. The first-order valence-corrected chi connectivity index (χ1v) is 10.4. The van der Waals surface area contributed by atoms with Crippen molar-refractivity contribution in [2.24, 2.45) is 0 Å². The molecule has 0 fully saturated rings. The van der Waals surface area contributed by atoms with Gasteiger partial charge in [-0.25, -0.2) is 4.98 Å². The summed E-state index contributed by atoms with van der Waals surface area (Å²) in [5, 5.41) is 0. The summed E-state index contributed by atoms with van der Waals surface area (Å²) in [6.07, 6.45) is 1.70. The Morgan fingerprint density at radius 1 is 0.933 bits per heavy atom. The highest BCUT2D eigenvalue weighted by molar-refractivity contribution is 5.93. The SMILES string of the molecule is CCN(CC)c1ccc(CN(C(=O)COc2ccccc2C)c2ccccn2)cc1. The number of pyridine rings is 1. The maximum absolute atomic E-state index is 13.1. The van der Waals surface area contributed by atoms with Gasteiger partial charge in [-0.1, -0.05) is 36.4 Å². The van der Waals surface area contributed by atoms with Crippen LogP contribution in [0.2, 0.25) is 0 Å². The Morgan fingerprint density at radius 3 is 2.27 bits per heavy atom. The summed E-state index contributed by atoms with van der Waals surface area (Å²) in [7, 11) is 0. The molecule has 0 radical (unpaired) electrons. The molecule has 1 aromatic heterocycles. The van der Waals surface area contributed by atoms with Gasteiger partial charge in [-0.3, -0.25) is 9.69 Å². The summed E-state index contributed by atoms with van der Waals surface area (Å²) in [6.45, 7) is 8.58. The Kier molecular flexibility index (Phi) is 7.44. The van der Waals surface area contributed by atoms with Gasteiger partial charge in [-0.15, -0.1) is 0 Å². The fraction of sp³-hybridized carbons (Fsp3) is 0.280. The molecule has 0 spiro atoms. The largest absolute Gasteiger partial charge is 0.483 e. The van der Waals surface area contributed by atoms with Crippen LogP contribution in [0.5, 0.6) is 5.75 Å². The monoisotopic (exact) mass is 403 g/mol. The third kappa shape index (κ3) is 5.38. The van der Waals surface area contributed by atoms with Gasteiger partial charge in [-0.2, -0.15) is 0 Å². The summed E-state index contributed by atoms with van der Waals surface area (Å²) in [4.78, 5) is 21.4. The molecule has 3 aromatic rings. The lowest BCUT2D eigenvalue weighted by Gasteiger charge is -2.24. The number of ether oxygens (including phenoxy) is 1. The molecule has 0 saturated heterocycles. The van der Waals surface area contributed by atoms with Crippen LogP contribution in [0.4, 0.5) is 11.5 Å². The second kappa shape index (κ2) is 10.4. The molecule has 156 valence electrons. The summed E-state index contributed by atoms with van der Waals surface area (Å²) in [5.41, 5.74) is 3.23. The van der Waals surface area contributed by atoms with E-state index in [-0.39, 0.29) is 12.5 Å². The molecule has 5 heteroatoms. The van der Waals surface area contributed by atoms with Crippen LogP contribution in [0.15, 0.2) is 72.9 Å². The van der Waals surface area contributed by atoms with Crippen LogP contribution in [0.1, 0.15) is 25.0 Å². The van der Waals surface area contributed by atoms with Crippen molar-refractivity contribution in [2.75, 3.05) is 29.5 Å². The third-order valence-electron chi connectivity index (χ3n) is 5.08. The number of rotatable bonds is 9. The van der Waals surface area contributed by atoms with Crippen molar-refractivity contribution in [2.45, 2.75) is 27.3 Å². The minimum Gasteiger partial charge on any atom is -0.483 e. The fourth-order valence-corrected chi connectivity index (χ4v) is 3.33. The first kappa shape index (κ1) is 21.4. The van der Waals surface area contributed by atoms with Crippen molar-refractivity contribution in [3.8, 4) is 5.75 Å². The number of para-hydroxylation sites is 1. The van der Waals surface area contributed by atoms with Crippen LogP contribution >= 0.6 is 0 Å². The van der Waals surface area contributed by atoms with Crippen LogP contribution in [-0.2, 0) is 11.3 Å². The molecule has 0 aliphatic heterocycles. The number of carbonyl (C=O) groups excluding carboxylic acids is 1. The van der Waals surface area contributed by atoms with E-state index in [9.17, 15) is 4.79 Å². The molecular formula is C25H29N3O2. The molecule has 0 bridgehead atoms. The quantitative estimate of drug-likeness (QED) is 0.512. The van der Waals surface area contributed by atoms with E-state index < -0.39 is 0 Å². The van der Waals surface area contributed by atoms with E-state index in [0.717, 1.165) is 30.0 Å². The van der Waals surface area contributed by atoms with Gasteiger partial charge in [0.1, 0.15) is 11.6 Å². The Bertz CT molecular complexity index is 938. The molecule has 0 saturated carbocycles. The number of amides is 1. The summed E-state index contributed by atoms with van der Waals surface area (Å²) < 4.78 is 5.79. The maximum Gasteiger partial charge on any atom is 0.266 e. The van der Waals surface area contributed by atoms with Gasteiger partial charge in [0.25, 0.3) is 5.91 Å². The first-order valence-electron chi connectivity index (χ1n) is 10.4. The topological polar surface area (TPSA) is 45.7 Å². The Morgan fingerprint density at radius 2 is 1.63 bits per heavy atom. The lowest BCUT2D eigenvalue weighted by atomic mass is 10.1. The van der Waals surface area contributed by atoms with Gasteiger partial charge in [0.05, 0.1) is 6.54 Å². The van der Waals surface area contributed by atoms with Crippen molar-refractivity contribution in [3.05, 3.63) is 84.1 Å². The van der Waals surface area contributed by atoms with E-state index in [1.165, 1.54) is 5.69 Å². The van der Waals surface area contributed by atoms with Crippen molar-refractivity contribution in [1.29, 1.82) is 0 Å². The van der Waals surface area contributed by atoms with E-state index in [4.69, 9.17) is 4.74 Å². The molecule has 0 unspecified atom stereocenters. The lowest BCUT2D eigenvalue weighted by molar-refractivity contribution is -0.120. The zero-order valence-electron chi connectivity index (χ0n) is 17.9. The van der Waals surface area contributed by atoms with E-state index >= 15 is 0 Å². The van der Waals surface area contributed by atoms with E-state index in [1.807, 2.05) is 49.4 Å². The van der Waals surface area contributed by atoms with Crippen LogP contribution in [-0.4, -0.2) is 30.6 Å². The number of hydrogen-bond donors (Lipinski definition) is 0. The number of anilines is 2. The predicted molar refractivity (Wildman–Crippen MR) is 122 cm³/mol. The number of hydrogen-bond acceptors (Lipinski definition) is 4. The minimum atomic E-state index is -0.134. The van der Waals surface area contributed by atoms with Crippen LogP contribution < -0.4 is 14.5 Å². The maximum atomic E-state index is 13.1. The summed E-state index contributed by atoms with van der Waals surface area (Å²) in [6, 6.07) is 21.6. The second-order valence-corrected chi connectivity index (χ2v) is 7.06. The van der Waals surface area contributed by atoms with Crippen LogP contribution in [0, 0.1) is 6.92 Å². The molecule has 0 atom stereocenters. The van der Waals surface area contributed by atoms with Crippen molar-refractivity contribution >= 4 is 17.4 Å². The molecular weight excluding hydrogens is 374 g/mol. The summed E-state index contributed by atoms with van der Waals surface area (Å²) >= 11 is 0. The highest BCUT2D eigenvalue weighted by atomic mass is 16.5. The normalized spacial score (nSPS) is 10.5. The van der Waals surface area contributed by atoms with Gasteiger partial charge in [0.2, 0.25) is 0 Å². The molecule has 2 aromatic carbocycles. The molecule has 5 nitrogen and oxygen atoms in total. The molecule has 1 amide bonds. The smallest absolute Gasteiger partial charge is 0.266 e. The second-order valence-electron chi connectivity index (χ2n) is 7.06. The molecule has 0 N–H and O–H groups in total. The minimum absolute atomic E-state index is 0.0427. The third-order valence-corrected chi connectivity index (χ3v) is 5.08. The molecule has 30 heavy (non-hydrogen) atoms. The fourth-order valence-electron chi connectivity index (χ4n) is 3.33. The van der Waals surface area contributed by atoms with E-state index in [1.54, 1.807) is 11.1 Å². The Hall–Kier alpha value is -3.34. The van der Waals surface area contributed by atoms with Gasteiger partial charge >= 0.3 is 0 Å². The van der Waals surface area contributed by atoms with Crippen molar-refractivity contribution in [3.63, 3.8) is 0 Å². The van der Waals surface area contributed by atoms with Crippen LogP contribution in [0.3, 0.4) is 0 Å². The van der Waals surface area contributed by atoms with Gasteiger partial charge in [-0.05, 0) is 62.2 Å². The van der Waals surface area contributed by atoms with E-state index in [0.29, 0.717) is 12.4 Å². The molecule has 3 rings (SSSR count). The number of carbonyl (C=O) groups is 1. The number of nitrogens with zero attached hydrogens (tertiary/aromatic N) is 3. The molecule has 0 aliphatic rings. The predicted octanol–water partition coefficient (Wildman–Crippen LogP) is 4.85. The number of aryl methyl sites for hydroxylation is 1. The van der Waals surface area contributed by atoms with Crippen molar-refractivity contribution in [1.82, 2.24) is 4.98 Å². The highest BCUT2D eigenvalue weighted by Gasteiger charge is 2.18. The standard InChI is InChI=1S/C25H29N3O2/c1-4-27(5-2)22-15-13-21(14-16-22)18-28(24-12-8-9-17-26-24)25(29)19-30-23-11-7-6-10-20(23)3/h6-17H,4-5,18-19H2,1-3H3. The molecule has 0 aliphatic carbocycles. The van der Waals surface area contributed by atoms with E-state index in [2.05, 4.69) is 48.0 Å². The average Bonchev–Trinajstić information content (AvgIpc) is 2.79. The average molecular weight is 404 g/mol. The molecule has 1 heterocycles. The number of benzene rings is 2. The van der Waals surface area contributed by atoms with Gasteiger partial charge in [0.15, 0.2) is 6.61 Å². The van der Waals surface area contributed by atoms with Crippen molar-refractivity contribution < 1.29 is 9.53 Å². The van der Waals surface area contributed by atoms with Crippen LogP contribution in [0.25, 0.3) is 0 Å². The number of aromatic nitrogens is 1. The zero-order chi connectivity index (χ0) is 21.3.